The van der Waals surface area contributed by atoms with Gasteiger partial charge in [0.2, 0.25) is 5.91 Å². The normalized spacial score (nSPS) is 24.5. The number of carbonyl (C=O) groups is 2. The Balaban J connectivity index is 2.67. The van der Waals surface area contributed by atoms with Crippen molar-refractivity contribution < 1.29 is 26.8 Å². The molecule has 1 aliphatic heterocycles. The number of nitrogens with one attached hydrogen (secondary N) is 1. The van der Waals surface area contributed by atoms with Crippen LogP contribution in [0.5, 0.6) is 0 Å². The first-order valence-corrected chi connectivity index (χ1v) is 6.35. The molecule has 6 N–H and O–H groups in total. The van der Waals surface area contributed by atoms with E-state index in [-0.39, 0.29) is 13.0 Å². The van der Waals surface area contributed by atoms with Crippen LogP contribution in [0.15, 0.2) is 0 Å². The van der Waals surface area contributed by atoms with E-state index in [9.17, 15) is 18.0 Å². The molecule has 0 aliphatic carbocycles. The number of piperidine rings is 1. The van der Waals surface area contributed by atoms with Crippen LogP contribution in [0.2, 0.25) is 0 Å². The van der Waals surface area contributed by atoms with Gasteiger partial charge in [-0.1, -0.05) is 0 Å². The summed E-state index contributed by atoms with van der Waals surface area (Å²) in [6.07, 6.45) is 0.539. The lowest BCUT2D eigenvalue weighted by Crippen LogP contribution is -2.56. The van der Waals surface area contributed by atoms with Gasteiger partial charge >= 0.3 is 16.4 Å². The van der Waals surface area contributed by atoms with Gasteiger partial charge in [-0.2, -0.15) is 13.5 Å². The fourth-order valence-electron chi connectivity index (χ4n) is 1.66. The van der Waals surface area contributed by atoms with Gasteiger partial charge in [0.05, 0.1) is 12.1 Å². The molecule has 1 heterocycles. The zero-order chi connectivity index (χ0) is 13.9. The van der Waals surface area contributed by atoms with Crippen molar-refractivity contribution in [2.75, 3.05) is 6.54 Å². The Morgan fingerprint density at radius 1 is 1.33 bits per heavy atom. The van der Waals surface area contributed by atoms with E-state index in [2.05, 4.69) is 9.60 Å². The molecule has 18 heavy (non-hydrogen) atoms. The Labute approximate surface area is 103 Å². The third-order valence-corrected chi connectivity index (χ3v) is 2.80. The van der Waals surface area contributed by atoms with Gasteiger partial charge in [-0.05, 0) is 12.8 Å². The first-order valence-electron chi connectivity index (χ1n) is 4.99. The fourth-order valence-corrected chi connectivity index (χ4v) is 2.06. The van der Waals surface area contributed by atoms with Crippen LogP contribution < -0.4 is 16.8 Å². The van der Waals surface area contributed by atoms with E-state index >= 15 is 0 Å². The van der Waals surface area contributed by atoms with Crippen LogP contribution in [-0.4, -0.2) is 48.6 Å². The van der Waals surface area contributed by atoms with Crippen molar-refractivity contribution in [2.45, 2.75) is 24.9 Å². The minimum atomic E-state index is -4.84. The second-order valence-corrected chi connectivity index (χ2v) is 4.77. The third kappa shape index (κ3) is 4.10. The molecule has 0 aromatic heterocycles. The molecule has 3 amide bonds. The Bertz CT molecular complexity index is 429. The zero-order valence-corrected chi connectivity index (χ0v) is 10.1. The van der Waals surface area contributed by atoms with E-state index in [1.54, 1.807) is 0 Å². The van der Waals surface area contributed by atoms with Gasteiger partial charge in [0.25, 0.3) is 0 Å². The SMILES string of the molecule is NC(=O)[C@@H]1CC[C@@H](N(OS(=O)(=O)O)C(N)=O)CN1. The molecule has 0 unspecified atom stereocenters. The predicted octanol–water partition coefficient (Wildman–Crippen LogP) is -2.29. The Kier molecular flexibility index (Phi) is 4.45. The molecule has 0 aromatic rings. The van der Waals surface area contributed by atoms with E-state index in [4.69, 9.17) is 16.0 Å². The van der Waals surface area contributed by atoms with Gasteiger partial charge in [0.15, 0.2) is 0 Å². The number of nitrogens with zero attached hydrogens (tertiary/aromatic N) is 1. The highest BCUT2D eigenvalue weighted by molar-refractivity contribution is 7.80. The molecule has 0 spiro atoms. The molecule has 0 saturated carbocycles. The van der Waals surface area contributed by atoms with Crippen LogP contribution in [-0.2, 0) is 19.5 Å². The molecule has 10 nitrogen and oxygen atoms in total. The van der Waals surface area contributed by atoms with Crippen molar-refractivity contribution in [1.29, 1.82) is 0 Å². The lowest BCUT2D eigenvalue weighted by Gasteiger charge is -2.33. The summed E-state index contributed by atoms with van der Waals surface area (Å²) >= 11 is 0. The minimum Gasteiger partial charge on any atom is -0.368 e. The molecule has 0 radical (unpaired) electrons. The van der Waals surface area contributed by atoms with Crippen LogP contribution >= 0.6 is 0 Å². The molecule has 104 valence electrons. The number of carbonyl (C=O) groups excluding carboxylic acids is 2. The number of hydrogen-bond donors (Lipinski definition) is 4. The fraction of sp³-hybridized carbons (Fsp3) is 0.714. The highest BCUT2D eigenvalue weighted by Crippen LogP contribution is 2.15. The summed E-state index contributed by atoms with van der Waals surface area (Å²) in [6, 6.07) is -2.45. The maximum atomic E-state index is 11.0. The molecule has 1 saturated heterocycles. The van der Waals surface area contributed by atoms with Crippen LogP contribution in [0.3, 0.4) is 0 Å². The van der Waals surface area contributed by atoms with Gasteiger partial charge in [-0.25, -0.2) is 4.79 Å². The topological polar surface area (TPSA) is 165 Å². The van der Waals surface area contributed by atoms with Crippen molar-refractivity contribution in [1.82, 2.24) is 10.4 Å². The second kappa shape index (κ2) is 5.48. The van der Waals surface area contributed by atoms with Crippen LogP contribution in [0.1, 0.15) is 12.8 Å². The molecule has 2 atom stereocenters. The maximum absolute atomic E-state index is 11.0. The van der Waals surface area contributed by atoms with Crippen molar-refractivity contribution in [2.24, 2.45) is 11.5 Å². The van der Waals surface area contributed by atoms with E-state index in [0.717, 1.165) is 0 Å². The number of rotatable bonds is 4. The Morgan fingerprint density at radius 3 is 2.28 bits per heavy atom. The van der Waals surface area contributed by atoms with Crippen molar-refractivity contribution >= 4 is 22.3 Å². The van der Waals surface area contributed by atoms with Crippen molar-refractivity contribution in [3.8, 4) is 0 Å². The maximum Gasteiger partial charge on any atom is 0.418 e. The average Bonchev–Trinajstić information content (AvgIpc) is 2.24. The summed E-state index contributed by atoms with van der Waals surface area (Å²) in [6.45, 7) is 0.0616. The number of hydroxylamine groups is 2. The van der Waals surface area contributed by atoms with Gasteiger partial charge in [0.1, 0.15) is 0 Å². The van der Waals surface area contributed by atoms with Crippen LogP contribution in [0.4, 0.5) is 4.79 Å². The Morgan fingerprint density at radius 2 is 1.94 bits per heavy atom. The van der Waals surface area contributed by atoms with Gasteiger partial charge in [-0.15, -0.1) is 4.28 Å². The van der Waals surface area contributed by atoms with Crippen molar-refractivity contribution in [3.05, 3.63) is 0 Å². The average molecular weight is 282 g/mol. The molecule has 1 rings (SSSR count). The highest BCUT2D eigenvalue weighted by Gasteiger charge is 2.32. The van der Waals surface area contributed by atoms with Crippen molar-refractivity contribution in [3.63, 3.8) is 0 Å². The largest absolute Gasteiger partial charge is 0.418 e. The van der Waals surface area contributed by atoms with Gasteiger partial charge in [0, 0.05) is 6.54 Å². The standard InChI is InChI=1S/C7H14N4O6S/c8-6(12)5-2-1-4(3-10-5)11(7(9)13)17-18(14,15)16/h4-5,10H,1-3H2,(H2,8,12)(H2,9,13)(H,14,15,16)/t4-,5+/m1/s1. The molecule has 0 aromatic carbocycles. The first-order chi connectivity index (χ1) is 8.20. The summed E-state index contributed by atoms with van der Waals surface area (Å²) in [5, 5.41) is 3.06. The number of amides is 3. The molecule has 11 heteroatoms. The van der Waals surface area contributed by atoms with Crippen LogP contribution in [0.25, 0.3) is 0 Å². The number of hydrogen-bond acceptors (Lipinski definition) is 6. The summed E-state index contributed by atoms with van der Waals surface area (Å²) in [5.74, 6) is -0.547. The van der Waals surface area contributed by atoms with E-state index < -0.39 is 34.4 Å². The third-order valence-electron chi connectivity index (χ3n) is 2.46. The smallest absolute Gasteiger partial charge is 0.368 e. The van der Waals surface area contributed by atoms with Gasteiger partial charge in [-0.3, -0.25) is 9.35 Å². The van der Waals surface area contributed by atoms with Gasteiger partial charge < -0.3 is 16.8 Å². The monoisotopic (exact) mass is 282 g/mol. The number of urea groups is 1. The zero-order valence-electron chi connectivity index (χ0n) is 9.27. The number of nitrogens with two attached hydrogens (primary N) is 2. The first kappa shape index (κ1) is 14.6. The quantitative estimate of drug-likeness (QED) is 0.332. The molecule has 1 fully saturated rings. The second-order valence-electron chi connectivity index (χ2n) is 3.76. The van der Waals surface area contributed by atoms with E-state index in [0.29, 0.717) is 11.5 Å². The summed E-state index contributed by atoms with van der Waals surface area (Å²) < 4.78 is 33.7. The van der Waals surface area contributed by atoms with Crippen LogP contribution in [0, 0.1) is 0 Å². The predicted molar refractivity (Wildman–Crippen MR) is 58.1 cm³/mol. The minimum absolute atomic E-state index is 0.0616. The summed E-state index contributed by atoms with van der Waals surface area (Å²) in [4.78, 5) is 21.9. The Hall–Kier alpha value is -1.43. The van der Waals surface area contributed by atoms with E-state index in [1.165, 1.54) is 0 Å². The lowest BCUT2D eigenvalue weighted by molar-refractivity contribution is -0.121. The molecular weight excluding hydrogens is 268 g/mol. The summed E-state index contributed by atoms with van der Waals surface area (Å²) in [7, 11) is -4.84. The lowest BCUT2D eigenvalue weighted by atomic mass is 10.0. The number of primary amides is 2. The molecular formula is C7H14N4O6S. The molecule has 0 bridgehead atoms. The highest BCUT2D eigenvalue weighted by atomic mass is 32.3. The summed E-state index contributed by atoms with van der Waals surface area (Å²) in [5.41, 5.74) is 10.0. The molecule has 1 aliphatic rings. The van der Waals surface area contributed by atoms with E-state index in [1.807, 2.05) is 0 Å².